The molecule has 1 aromatic heterocycles. The number of carbonyl (C=O) groups is 1. The molecular weight excluding hydrogens is 365 g/mol. The minimum Gasteiger partial charge on any atom is -0.356 e. The van der Waals surface area contributed by atoms with Crippen LogP contribution in [0.4, 0.5) is 0 Å². The fourth-order valence-corrected chi connectivity index (χ4v) is 4.00. The van der Waals surface area contributed by atoms with Crippen LogP contribution in [0.1, 0.15) is 24.6 Å². The third-order valence-corrected chi connectivity index (χ3v) is 6.03. The van der Waals surface area contributed by atoms with E-state index in [2.05, 4.69) is 40.0 Å². The third-order valence-electron chi connectivity index (χ3n) is 5.17. The van der Waals surface area contributed by atoms with Crippen LogP contribution in [0.15, 0.2) is 17.5 Å². The number of rotatable bonds is 6. The van der Waals surface area contributed by atoms with E-state index in [9.17, 15) is 4.79 Å². The number of likely N-dealkylation sites (tertiary alicyclic amines) is 1. The summed E-state index contributed by atoms with van der Waals surface area (Å²) in [5, 5.41) is 8.57. The molecule has 2 aliphatic rings. The Balaban J connectivity index is 0.00000144. The summed E-state index contributed by atoms with van der Waals surface area (Å²) in [6.07, 6.45) is 2.40. The molecule has 0 bridgehead atoms. The maximum absolute atomic E-state index is 12.1. The molecule has 4 nitrogen and oxygen atoms in total. The zero-order valence-corrected chi connectivity index (χ0v) is 16.7. The van der Waals surface area contributed by atoms with Gasteiger partial charge in [0.05, 0.1) is 0 Å². The molecule has 3 rings (SSSR count). The highest BCUT2D eigenvalue weighted by Gasteiger charge is 2.29. The lowest BCUT2D eigenvalue weighted by Gasteiger charge is -2.33. The Morgan fingerprint density at radius 3 is 2.62 bits per heavy atom. The van der Waals surface area contributed by atoms with Gasteiger partial charge in [-0.3, -0.25) is 9.69 Å². The smallest absolute Gasteiger partial charge is 0.223 e. The molecule has 1 aromatic rings. The monoisotopic (exact) mass is 393 g/mol. The third kappa shape index (κ3) is 5.88. The summed E-state index contributed by atoms with van der Waals surface area (Å²) in [6, 6.07) is 4.34. The summed E-state index contributed by atoms with van der Waals surface area (Å²) in [4.78, 5) is 16.1. The topological polar surface area (TPSA) is 44.4 Å². The van der Waals surface area contributed by atoms with Crippen LogP contribution >= 0.6 is 36.2 Å². The Hall–Kier alpha value is -0.330. The molecule has 24 heavy (non-hydrogen) atoms. The zero-order valence-electron chi connectivity index (χ0n) is 14.2. The number of hydrogen-bond donors (Lipinski definition) is 2. The Morgan fingerprint density at radius 1 is 1.38 bits per heavy atom. The summed E-state index contributed by atoms with van der Waals surface area (Å²) in [5.41, 5.74) is 0. The van der Waals surface area contributed by atoms with Crippen LogP contribution in [0.25, 0.3) is 0 Å². The van der Waals surface area contributed by atoms with Crippen molar-refractivity contribution in [1.29, 1.82) is 0 Å². The minimum atomic E-state index is 0. The lowest BCUT2D eigenvalue weighted by molar-refractivity contribution is -0.126. The molecule has 2 fully saturated rings. The second-order valence-corrected chi connectivity index (χ2v) is 7.78. The van der Waals surface area contributed by atoms with Gasteiger partial charge in [0, 0.05) is 23.9 Å². The van der Waals surface area contributed by atoms with Crippen LogP contribution in [0.3, 0.4) is 0 Å². The maximum atomic E-state index is 12.1. The van der Waals surface area contributed by atoms with Crippen molar-refractivity contribution >= 4 is 42.1 Å². The molecule has 2 N–H and O–H groups in total. The van der Waals surface area contributed by atoms with E-state index in [0.29, 0.717) is 11.8 Å². The first-order valence-corrected chi connectivity index (χ1v) is 9.33. The molecule has 1 amide bonds. The number of halogens is 2. The van der Waals surface area contributed by atoms with Gasteiger partial charge in [-0.05, 0) is 62.3 Å². The van der Waals surface area contributed by atoms with Gasteiger partial charge < -0.3 is 10.6 Å². The van der Waals surface area contributed by atoms with E-state index in [1.54, 1.807) is 0 Å². The molecule has 2 aliphatic heterocycles. The standard InChI is InChI=1S/C17H27N3OS.2ClH/c1-13(15-10-18-11-15)17(21)19-9-14-4-6-20(7-5-14)12-16-3-2-8-22-16;;/h2-3,8,13-15,18H,4-7,9-12H2,1H3,(H,19,21);2*1H. The van der Waals surface area contributed by atoms with E-state index >= 15 is 0 Å². The van der Waals surface area contributed by atoms with Crippen LogP contribution in [-0.4, -0.2) is 43.5 Å². The SMILES string of the molecule is CC(C(=O)NCC1CCN(Cc2cccs2)CC1)C1CNC1.Cl.Cl. The number of amides is 1. The van der Waals surface area contributed by atoms with Crippen LogP contribution in [0.5, 0.6) is 0 Å². The second-order valence-electron chi connectivity index (χ2n) is 6.75. The highest BCUT2D eigenvalue weighted by atomic mass is 35.5. The van der Waals surface area contributed by atoms with Gasteiger partial charge in [0.25, 0.3) is 0 Å². The van der Waals surface area contributed by atoms with E-state index < -0.39 is 0 Å². The first kappa shape index (κ1) is 21.7. The molecule has 3 heterocycles. The second kappa shape index (κ2) is 10.6. The van der Waals surface area contributed by atoms with Gasteiger partial charge in [-0.25, -0.2) is 0 Å². The van der Waals surface area contributed by atoms with Gasteiger partial charge in [0.2, 0.25) is 5.91 Å². The summed E-state index contributed by atoms with van der Waals surface area (Å²) >= 11 is 1.84. The summed E-state index contributed by atoms with van der Waals surface area (Å²) in [7, 11) is 0. The molecule has 1 atom stereocenters. The van der Waals surface area contributed by atoms with Gasteiger partial charge in [-0.1, -0.05) is 13.0 Å². The Morgan fingerprint density at radius 2 is 2.08 bits per heavy atom. The normalized spacial score (nSPS) is 20.4. The van der Waals surface area contributed by atoms with Gasteiger partial charge in [0.15, 0.2) is 0 Å². The van der Waals surface area contributed by atoms with Crippen molar-refractivity contribution < 1.29 is 4.79 Å². The highest BCUT2D eigenvalue weighted by molar-refractivity contribution is 7.09. The van der Waals surface area contributed by atoms with Crippen molar-refractivity contribution in [3.05, 3.63) is 22.4 Å². The number of nitrogens with zero attached hydrogens (tertiary/aromatic N) is 1. The van der Waals surface area contributed by atoms with E-state index in [4.69, 9.17) is 0 Å². The van der Waals surface area contributed by atoms with Crippen LogP contribution in [0, 0.1) is 17.8 Å². The van der Waals surface area contributed by atoms with Crippen LogP contribution < -0.4 is 10.6 Å². The van der Waals surface area contributed by atoms with Crippen LogP contribution in [0.2, 0.25) is 0 Å². The van der Waals surface area contributed by atoms with Crippen molar-refractivity contribution in [2.45, 2.75) is 26.3 Å². The highest BCUT2D eigenvalue weighted by Crippen LogP contribution is 2.21. The zero-order chi connectivity index (χ0) is 15.4. The average Bonchev–Trinajstić information content (AvgIpc) is 2.97. The molecular formula is C17H29Cl2N3OS. The van der Waals surface area contributed by atoms with Gasteiger partial charge in [0.1, 0.15) is 0 Å². The predicted molar refractivity (Wildman–Crippen MR) is 105 cm³/mol. The molecule has 7 heteroatoms. The van der Waals surface area contributed by atoms with Gasteiger partial charge in [-0.15, -0.1) is 36.2 Å². The van der Waals surface area contributed by atoms with E-state index in [1.165, 1.54) is 17.7 Å². The number of nitrogens with one attached hydrogen (secondary N) is 2. The van der Waals surface area contributed by atoms with Crippen molar-refractivity contribution in [3.63, 3.8) is 0 Å². The number of piperidine rings is 1. The molecule has 0 spiro atoms. The maximum Gasteiger partial charge on any atom is 0.223 e. The molecule has 0 aromatic carbocycles. The van der Waals surface area contributed by atoms with Crippen molar-refractivity contribution in [2.24, 2.45) is 17.8 Å². The van der Waals surface area contributed by atoms with E-state index in [1.807, 2.05) is 11.3 Å². The summed E-state index contributed by atoms with van der Waals surface area (Å²) < 4.78 is 0. The first-order valence-electron chi connectivity index (χ1n) is 8.45. The predicted octanol–water partition coefficient (Wildman–Crippen LogP) is 2.78. The van der Waals surface area contributed by atoms with E-state index in [-0.39, 0.29) is 36.6 Å². The minimum absolute atomic E-state index is 0. The largest absolute Gasteiger partial charge is 0.356 e. The van der Waals surface area contributed by atoms with Crippen molar-refractivity contribution in [2.75, 3.05) is 32.7 Å². The van der Waals surface area contributed by atoms with Gasteiger partial charge in [-0.2, -0.15) is 0 Å². The van der Waals surface area contributed by atoms with Gasteiger partial charge >= 0.3 is 0 Å². The van der Waals surface area contributed by atoms with Crippen molar-refractivity contribution in [1.82, 2.24) is 15.5 Å². The number of thiophene rings is 1. The molecule has 1 unspecified atom stereocenters. The molecule has 0 radical (unpaired) electrons. The lowest BCUT2D eigenvalue weighted by atomic mass is 9.88. The fourth-order valence-electron chi connectivity index (χ4n) is 3.26. The number of hydrogen-bond acceptors (Lipinski definition) is 4. The first-order chi connectivity index (χ1) is 10.7. The summed E-state index contributed by atoms with van der Waals surface area (Å²) in [5.74, 6) is 1.58. The molecule has 138 valence electrons. The molecule has 0 saturated carbocycles. The molecule has 2 saturated heterocycles. The molecule has 0 aliphatic carbocycles. The lowest BCUT2D eigenvalue weighted by Crippen LogP contribution is -2.50. The van der Waals surface area contributed by atoms with E-state index in [0.717, 1.165) is 39.3 Å². The Kier molecular flexibility index (Phi) is 9.60. The Bertz CT molecular complexity index is 474. The summed E-state index contributed by atoms with van der Waals surface area (Å²) in [6.45, 7) is 8.30. The quantitative estimate of drug-likeness (QED) is 0.780. The fraction of sp³-hybridized carbons (Fsp3) is 0.706. The van der Waals surface area contributed by atoms with Crippen molar-refractivity contribution in [3.8, 4) is 0 Å². The number of carbonyl (C=O) groups excluding carboxylic acids is 1. The van der Waals surface area contributed by atoms with Crippen LogP contribution in [-0.2, 0) is 11.3 Å². The Labute approximate surface area is 161 Å². The average molecular weight is 394 g/mol.